The summed E-state index contributed by atoms with van der Waals surface area (Å²) in [7, 11) is 0. The van der Waals surface area contributed by atoms with Crippen LogP contribution >= 0.6 is 15.9 Å². The van der Waals surface area contributed by atoms with Crippen molar-refractivity contribution in [1.29, 1.82) is 0 Å². The average molecular weight is 400 g/mol. The summed E-state index contributed by atoms with van der Waals surface area (Å²) in [5, 5.41) is 3.13. The molecule has 1 heterocycles. The molecule has 2 aliphatic rings. The fourth-order valence-electron chi connectivity index (χ4n) is 3.39. The molecule has 4 rings (SSSR count). The highest BCUT2D eigenvalue weighted by Crippen LogP contribution is 2.46. The lowest BCUT2D eigenvalue weighted by Gasteiger charge is -2.34. The van der Waals surface area contributed by atoms with Crippen LogP contribution in [0.25, 0.3) is 0 Å². The first kappa shape index (κ1) is 16.3. The van der Waals surface area contributed by atoms with Gasteiger partial charge in [0.25, 0.3) is 5.91 Å². The summed E-state index contributed by atoms with van der Waals surface area (Å²) in [4.78, 5) is 25.3. The van der Waals surface area contributed by atoms with Crippen LogP contribution in [-0.2, 0) is 21.5 Å². The highest BCUT2D eigenvalue weighted by atomic mass is 79.9. The minimum atomic E-state index is -1.18. The van der Waals surface area contributed by atoms with Crippen LogP contribution in [0.5, 0.6) is 0 Å². The van der Waals surface area contributed by atoms with Gasteiger partial charge in [-0.1, -0.05) is 46.3 Å². The summed E-state index contributed by atoms with van der Waals surface area (Å²) in [5.74, 6) is -0.677. The maximum absolute atomic E-state index is 13.0. The summed E-state index contributed by atoms with van der Waals surface area (Å²) in [6.07, 6.45) is 2.17. The lowest BCUT2D eigenvalue weighted by Crippen LogP contribution is -2.54. The predicted molar refractivity (Wildman–Crippen MR) is 97.2 cm³/mol. The van der Waals surface area contributed by atoms with Gasteiger partial charge in [0.1, 0.15) is 0 Å². The second kappa shape index (κ2) is 5.70. The summed E-state index contributed by atoms with van der Waals surface area (Å²) in [6.45, 7) is 1.69. The van der Waals surface area contributed by atoms with E-state index in [0.29, 0.717) is 12.0 Å². The summed E-state index contributed by atoms with van der Waals surface area (Å²) >= 11 is 3.43. The smallest absolute Gasteiger partial charge is 0.339 e. The molecule has 5 heteroatoms. The Labute approximate surface area is 154 Å². The maximum Gasteiger partial charge on any atom is 0.339 e. The Kier molecular flexibility index (Phi) is 3.72. The molecule has 0 aromatic heterocycles. The zero-order valence-corrected chi connectivity index (χ0v) is 15.4. The standard InChI is InChI=1S/C20H18BrNO3/c1-19(12-13-4-2-3-5-16(13)17(23)25-19)18(24)22-20(10-11-20)14-6-8-15(21)9-7-14/h2-9H,10-12H2,1H3,(H,22,24). The first-order chi connectivity index (χ1) is 11.9. The zero-order chi connectivity index (χ0) is 17.7. The van der Waals surface area contributed by atoms with Crippen LogP contribution in [0.2, 0.25) is 0 Å². The van der Waals surface area contributed by atoms with Gasteiger partial charge in [0.05, 0.1) is 11.1 Å². The van der Waals surface area contributed by atoms with Crippen LogP contribution < -0.4 is 5.32 Å². The predicted octanol–water partition coefficient (Wildman–Crippen LogP) is 3.73. The molecule has 1 N–H and O–H groups in total. The van der Waals surface area contributed by atoms with Gasteiger partial charge in [-0.15, -0.1) is 0 Å². The van der Waals surface area contributed by atoms with Crippen molar-refractivity contribution in [2.24, 2.45) is 0 Å². The number of rotatable bonds is 3. The molecule has 1 aliphatic carbocycles. The summed E-state index contributed by atoms with van der Waals surface area (Å²) in [6, 6.07) is 15.3. The van der Waals surface area contributed by atoms with Gasteiger partial charge in [-0.3, -0.25) is 4.79 Å². The molecule has 0 saturated heterocycles. The summed E-state index contributed by atoms with van der Waals surface area (Å²) in [5.41, 5.74) is 0.947. The third-order valence-corrected chi connectivity index (χ3v) is 5.59. The number of carbonyl (C=O) groups is 2. The number of fused-ring (bicyclic) bond motifs is 1. The first-order valence-corrected chi connectivity index (χ1v) is 9.11. The number of hydrogen-bond donors (Lipinski definition) is 1. The van der Waals surface area contributed by atoms with Crippen molar-refractivity contribution in [3.8, 4) is 0 Å². The van der Waals surface area contributed by atoms with E-state index in [1.807, 2.05) is 36.4 Å². The van der Waals surface area contributed by atoms with E-state index in [4.69, 9.17) is 4.74 Å². The van der Waals surface area contributed by atoms with Crippen LogP contribution in [0.15, 0.2) is 53.0 Å². The van der Waals surface area contributed by atoms with E-state index in [-0.39, 0.29) is 11.4 Å². The molecule has 0 bridgehead atoms. The number of cyclic esters (lactones) is 1. The van der Waals surface area contributed by atoms with E-state index >= 15 is 0 Å². The van der Waals surface area contributed by atoms with Crippen LogP contribution in [-0.4, -0.2) is 17.5 Å². The monoisotopic (exact) mass is 399 g/mol. The molecule has 1 amide bonds. The van der Waals surface area contributed by atoms with Gasteiger partial charge in [0.2, 0.25) is 0 Å². The fraction of sp³-hybridized carbons (Fsp3) is 0.300. The molecule has 0 spiro atoms. The third kappa shape index (κ3) is 2.86. The number of hydrogen-bond acceptors (Lipinski definition) is 3. The topological polar surface area (TPSA) is 55.4 Å². The van der Waals surface area contributed by atoms with Gasteiger partial charge in [-0.25, -0.2) is 4.79 Å². The van der Waals surface area contributed by atoms with Crippen LogP contribution in [0.3, 0.4) is 0 Å². The van der Waals surface area contributed by atoms with Gasteiger partial charge in [0, 0.05) is 10.9 Å². The van der Waals surface area contributed by atoms with Crippen LogP contribution in [0.4, 0.5) is 0 Å². The molecule has 4 nitrogen and oxygen atoms in total. The molecular weight excluding hydrogens is 382 g/mol. The molecule has 128 valence electrons. The van der Waals surface area contributed by atoms with Crippen molar-refractivity contribution >= 4 is 27.8 Å². The molecular formula is C20H18BrNO3. The molecule has 2 aromatic rings. The molecule has 2 aromatic carbocycles. The van der Waals surface area contributed by atoms with Gasteiger partial charge in [0.15, 0.2) is 5.60 Å². The van der Waals surface area contributed by atoms with Crippen molar-refractivity contribution in [2.75, 3.05) is 0 Å². The highest BCUT2D eigenvalue weighted by Gasteiger charge is 2.50. The normalized spacial score (nSPS) is 23.4. The fourth-order valence-corrected chi connectivity index (χ4v) is 3.65. The van der Waals surface area contributed by atoms with Gasteiger partial charge in [-0.05, 0) is 49.1 Å². The second-order valence-corrected chi connectivity index (χ2v) is 7.91. The highest BCUT2D eigenvalue weighted by molar-refractivity contribution is 9.10. The lowest BCUT2D eigenvalue weighted by molar-refractivity contribution is -0.141. The third-order valence-electron chi connectivity index (χ3n) is 5.06. The molecule has 1 fully saturated rings. The van der Waals surface area contributed by atoms with Crippen molar-refractivity contribution in [2.45, 2.75) is 37.3 Å². The lowest BCUT2D eigenvalue weighted by atomic mass is 9.88. The largest absolute Gasteiger partial charge is 0.445 e. The molecule has 0 radical (unpaired) electrons. The van der Waals surface area contributed by atoms with Crippen LogP contribution in [0, 0.1) is 0 Å². The average Bonchev–Trinajstić information content (AvgIpc) is 3.36. The van der Waals surface area contributed by atoms with Crippen molar-refractivity contribution in [1.82, 2.24) is 5.32 Å². The van der Waals surface area contributed by atoms with Crippen LogP contribution in [0.1, 0.15) is 41.3 Å². The van der Waals surface area contributed by atoms with Crippen molar-refractivity contribution < 1.29 is 14.3 Å². The number of nitrogens with one attached hydrogen (secondary N) is 1. The van der Waals surface area contributed by atoms with E-state index in [1.54, 1.807) is 19.1 Å². The van der Waals surface area contributed by atoms with Gasteiger partial charge in [-0.2, -0.15) is 0 Å². The minimum Gasteiger partial charge on any atom is -0.445 e. The van der Waals surface area contributed by atoms with E-state index in [0.717, 1.165) is 28.4 Å². The number of halogens is 1. The van der Waals surface area contributed by atoms with Gasteiger partial charge < -0.3 is 10.1 Å². The Morgan fingerprint density at radius 3 is 2.48 bits per heavy atom. The number of esters is 1. The Morgan fingerprint density at radius 2 is 1.80 bits per heavy atom. The molecule has 1 atom stereocenters. The quantitative estimate of drug-likeness (QED) is 0.799. The van der Waals surface area contributed by atoms with Crippen molar-refractivity contribution in [3.05, 3.63) is 69.7 Å². The number of ether oxygens (including phenoxy) is 1. The summed E-state index contributed by atoms with van der Waals surface area (Å²) < 4.78 is 6.54. The molecule has 1 saturated carbocycles. The Bertz CT molecular complexity index is 857. The Morgan fingerprint density at radius 1 is 1.12 bits per heavy atom. The maximum atomic E-state index is 13.0. The van der Waals surface area contributed by atoms with Crippen molar-refractivity contribution in [3.63, 3.8) is 0 Å². The van der Waals surface area contributed by atoms with E-state index in [2.05, 4.69) is 21.2 Å². The SMILES string of the molecule is CC1(C(=O)NC2(c3ccc(Br)cc3)CC2)Cc2ccccc2C(=O)O1. The zero-order valence-electron chi connectivity index (χ0n) is 13.8. The number of amides is 1. The Balaban J connectivity index is 1.57. The number of benzene rings is 2. The Hall–Kier alpha value is -2.14. The first-order valence-electron chi connectivity index (χ1n) is 8.32. The van der Waals surface area contributed by atoms with Gasteiger partial charge >= 0.3 is 5.97 Å². The van der Waals surface area contributed by atoms with E-state index in [9.17, 15) is 9.59 Å². The van der Waals surface area contributed by atoms with E-state index in [1.165, 1.54) is 0 Å². The molecule has 1 aliphatic heterocycles. The molecule has 25 heavy (non-hydrogen) atoms. The van der Waals surface area contributed by atoms with E-state index < -0.39 is 11.6 Å². The minimum absolute atomic E-state index is 0.240. The number of carbonyl (C=O) groups excluding carboxylic acids is 2. The molecule has 1 unspecified atom stereocenters. The second-order valence-electron chi connectivity index (χ2n) is 7.00.